The third-order valence-electron chi connectivity index (χ3n) is 2.64. The van der Waals surface area contributed by atoms with E-state index in [0.29, 0.717) is 0 Å². The Hall–Kier alpha value is -2.15. The molecule has 2 rings (SSSR count). The highest BCUT2D eigenvalue weighted by Crippen LogP contribution is 2.36. The van der Waals surface area contributed by atoms with Gasteiger partial charge in [-0.3, -0.25) is 0 Å². The highest BCUT2D eigenvalue weighted by molar-refractivity contribution is 6.30. The number of nitrogens with one attached hydrogen (secondary N) is 1. The molecule has 0 unspecified atom stereocenters. The number of hydrogen-bond donors (Lipinski definition) is 2. The molecule has 0 bridgehead atoms. The summed E-state index contributed by atoms with van der Waals surface area (Å²) < 4.78 is 43.5. The van der Waals surface area contributed by atoms with Crippen LogP contribution < -0.4 is 5.32 Å². The van der Waals surface area contributed by atoms with Crippen LogP contribution in [-0.2, 0) is 12.7 Å². The van der Waals surface area contributed by atoms with Gasteiger partial charge < -0.3 is 14.8 Å². The third kappa shape index (κ3) is 3.69. The maximum atomic E-state index is 12.9. The molecule has 112 valence electrons. The minimum atomic E-state index is -4.55. The van der Waals surface area contributed by atoms with Crippen molar-refractivity contribution in [3.05, 3.63) is 52.4 Å². The highest BCUT2D eigenvalue weighted by Gasteiger charge is 2.33. The summed E-state index contributed by atoms with van der Waals surface area (Å²) in [6.45, 7) is -0.0853. The fourth-order valence-electron chi connectivity index (χ4n) is 1.67. The molecule has 0 aliphatic rings. The molecule has 0 fully saturated rings. The second-order valence-electron chi connectivity index (χ2n) is 4.15. The molecule has 0 radical (unpaired) electrons. The van der Waals surface area contributed by atoms with Crippen LogP contribution in [0.5, 0.6) is 0 Å². The molecule has 1 heterocycles. The summed E-state index contributed by atoms with van der Waals surface area (Å²) in [5.41, 5.74) is -1.14. The van der Waals surface area contributed by atoms with Crippen molar-refractivity contribution in [2.24, 2.45) is 0 Å². The highest BCUT2D eigenvalue weighted by atomic mass is 35.5. The molecule has 0 saturated heterocycles. The first kappa shape index (κ1) is 15.2. The molecular weight excluding hydrogens is 311 g/mol. The molecule has 21 heavy (non-hydrogen) atoms. The van der Waals surface area contributed by atoms with Crippen molar-refractivity contribution in [1.29, 1.82) is 0 Å². The predicted octanol–water partition coefficient (Wildman–Crippen LogP) is 4.26. The summed E-state index contributed by atoms with van der Waals surface area (Å²) in [5, 5.41) is 11.2. The first-order valence-corrected chi connectivity index (χ1v) is 6.06. The van der Waals surface area contributed by atoms with Crippen molar-refractivity contribution in [2.45, 2.75) is 12.7 Å². The summed E-state index contributed by atoms with van der Waals surface area (Å²) >= 11 is 5.57. The SMILES string of the molecule is O=C(O)c1coc(CNc2ccc(Cl)cc2C(F)(F)F)c1. The maximum Gasteiger partial charge on any atom is 0.418 e. The van der Waals surface area contributed by atoms with Crippen molar-refractivity contribution in [3.63, 3.8) is 0 Å². The lowest BCUT2D eigenvalue weighted by Crippen LogP contribution is -2.10. The summed E-state index contributed by atoms with van der Waals surface area (Å²) in [6.07, 6.45) is -3.53. The Labute approximate surface area is 122 Å². The number of alkyl halides is 3. The average Bonchev–Trinajstić information content (AvgIpc) is 2.85. The second kappa shape index (κ2) is 5.69. The first-order chi connectivity index (χ1) is 9.77. The number of benzene rings is 1. The van der Waals surface area contributed by atoms with E-state index in [2.05, 4.69) is 5.32 Å². The van der Waals surface area contributed by atoms with Crippen molar-refractivity contribution in [1.82, 2.24) is 0 Å². The number of halogens is 4. The Kier molecular flexibility index (Phi) is 4.13. The lowest BCUT2D eigenvalue weighted by Gasteiger charge is -2.14. The zero-order valence-electron chi connectivity index (χ0n) is 10.4. The fraction of sp³-hybridized carbons (Fsp3) is 0.154. The molecule has 0 aliphatic heterocycles. The van der Waals surface area contributed by atoms with Crippen LogP contribution in [0.25, 0.3) is 0 Å². The summed E-state index contributed by atoms with van der Waals surface area (Å²) in [5.74, 6) is -0.969. The van der Waals surface area contributed by atoms with Gasteiger partial charge in [0.25, 0.3) is 0 Å². The van der Waals surface area contributed by atoms with Crippen LogP contribution in [0, 0.1) is 0 Å². The fourth-order valence-corrected chi connectivity index (χ4v) is 1.85. The number of carbonyl (C=O) groups is 1. The zero-order chi connectivity index (χ0) is 15.6. The topological polar surface area (TPSA) is 62.5 Å². The van der Waals surface area contributed by atoms with E-state index < -0.39 is 17.7 Å². The van der Waals surface area contributed by atoms with Gasteiger partial charge in [-0.25, -0.2) is 4.79 Å². The molecule has 2 N–H and O–H groups in total. The molecule has 0 spiro atoms. The van der Waals surface area contributed by atoms with Crippen LogP contribution in [0.3, 0.4) is 0 Å². The molecular formula is C13H9ClF3NO3. The zero-order valence-corrected chi connectivity index (χ0v) is 11.1. The van der Waals surface area contributed by atoms with Crippen LogP contribution in [-0.4, -0.2) is 11.1 Å². The summed E-state index contributed by atoms with van der Waals surface area (Å²) in [4.78, 5) is 10.7. The number of carboxylic acids is 1. The van der Waals surface area contributed by atoms with Gasteiger partial charge in [0.15, 0.2) is 0 Å². The van der Waals surface area contributed by atoms with Crippen molar-refractivity contribution in [3.8, 4) is 0 Å². The molecule has 1 aromatic heterocycles. The Bertz CT molecular complexity index is 667. The van der Waals surface area contributed by atoms with Gasteiger partial charge in [-0.2, -0.15) is 13.2 Å². The summed E-state index contributed by atoms with van der Waals surface area (Å²) in [6, 6.07) is 4.57. The van der Waals surface area contributed by atoms with Gasteiger partial charge in [-0.1, -0.05) is 11.6 Å². The number of hydrogen-bond acceptors (Lipinski definition) is 3. The van der Waals surface area contributed by atoms with Crippen molar-refractivity contribution >= 4 is 23.3 Å². The van der Waals surface area contributed by atoms with Gasteiger partial charge in [-0.05, 0) is 24.3 Å². The number of anilines is 1. The monoisotopic (exact) mass is 319 g/mol. The lowest BCUT2D eigenvalue weighted by molar-refractivity contribution is -0.137. The van der Waals surface area contributed by atoms with Gasteiger partial charge in [0.05, 0.1) is 17.7 Å². The minimum Gasteiger partial charge on any atom is -0.478 e. The van der Waals surface area contributed by atoms with E-state index in [1.165, 1.54) is 18.2 Å². The van der Waals surface area contributed by atoms with E-state index in [-0.39, 0.29) is 28.6 Å². The smallest absolute Gasteiger partial charge is 0.418 e. The molecule has 4 nitrogen and oxygen atoms in total. The lowest BCUT2D eigenvalue weighted by atomic mass is 10.1. The maximum absolute atomic E-state index is 12.9. The molecule has 2 aromatic rings. The molecule has 1 aromatic carbocycles. The number of furan rings is 1. The number of aromatic carboxylic acids is 1. The van der Waals surface area contributed by atoms with Crippen LogP contribution >= 0.6 is 11.6 Å². The molecule has 0 aliphatic carbocycles. The van der Waals surface area contributed by atoms with Gasteiger partial charge >= 0.3 is 12.1 Å². The summed E-state index contributed by atoms with van der Waals surface area (Å²) in [7, 11) is 0. The third-order valence-corrected chi connectivity index (χ3v) is 2.88. The first-order valence-electron chi connectivity index (χ1n) is 5.68. The number of rotatable bonds is 4. The van der Waals surface area contributed by atoms with Gasteiger partial charge in [-0.15, -0.1) is 0 Å². The van der Waals surface area contributed by atoms with Crippen molar-refractivity contribution < 1.29 is 27.5 Å². The van der Waals surface area contributed by atoms with Gasteiger partial charge in [0, 0.05) is 10.7 Å². The number of carboxylic acid groups (broad SMARTS) is 1. The van der Waals surface area contributed by atoms with E-state index in [9.17, 15) is 18.0 Å². The average molecular weight is 320 g/mol. The van der Waals surface area contributed by atoms with Crippen LogP contribution in [0.2, 0.25) is 5.02 Å². The molecule has 0 saturated carbocycles. The Morgan fingerprint density at radius 1 is 1.33 bits per heavy atom. The molecule has 8 heteroatoms. The molecule has 0 atom stereocenters. The van der Waals surface area contributed by atoms with E-state index in [1.54, 1.807) is 0 Å². The predicted molar refractivity (Wildman–Crippen MR) is 69.4 cm³/mol. The Balaban J connectivity index is 2.18. The normalized spacial score (nSPS) is 11.4. The van der Waals surface area contributed by atoms with Gasteiger partial charge in [0.2, 0.25) is 0 Å². The van der Waals surface area contributed by atoms with E-state index >= 15 is 0 Å². The van der Waals surface area contributed by atoms with Crippen molar-refractivity contribution in [2.75, 3.05) is 5.32 Å². The Morgan fingerprint density at radius 2 is 2.05 bits per heavy atom. The van der Waals surface area contributed by atoms with E-state index in [4.69, 9.17) is 21.1 Å². The quantitative estimate of drug-likeness (QED) is 0.883. The molecule has 0 amide bonds. The minimum absolute atomic E-state index is 0.0287. The van der Waals surface area contributed by atoms with Crippen LogP contribution in [0.4, 0.5) is 18.9 Å². The van der Waals surface area contributed by atoms with E-state index in [1.807, 2.05) is 0 Å². The van der Waals surface area contributed by atoms with E-state index in [0.717, 1.165) is 12.3 Å². The van der Waals surface area contributed by atoms with Crippen LogP contribution in [0.1, 0.15) is 21.7 Å². The largest absolute Gasteiger partial charge is 0.478 e. The van der Waals surface area contributed by atoms with Gasteiger partial charge in [0.1, 0.15) is 12.0 Å². The Morgan fingerprint density at radius 3 is 2.62 bits per heavy atom. The second-order valence-corrected chi connectivity index (χ2v) is 4.58. The van der Waals surface area contributed by atoms with Crippen LogP contribution in [0.15, 0.2) is 34.9 Å². The standard InChI is InChI=1S/C13H9ClF3NO3/c14-8-1-2-11(10(4-8)13(15,16)17)18-5-9-3-7(6-21-9)12(19)20/h1-4,6,18H,5H2,(H,19,20).